The summed E-state index contributed by atoms with van der Waals surface area (Å²) >= 11 is 10.7. The zero-order valence-corrected chi connectivity index (χ0v) is 9.90. The molecule has 0 saturated heterocycles. The first-order valence-corrected chi connectivity index (χ1v) is 6.24. The lowest BCUT2D eigenvalue weighted by Crippen LogP contribution is -2.10. The zero-order valence-electron chi connectivity index (χ0n) is 7.57. The smallest absolute Gasteiger partial charge is 0.257 e. The van der Waals surface area contributed by atoms with E-state index in [4.69, 9.17) is 23.2 Å². The van der Waals surface area contributed by atoms with E-state index in [0.717, 1.165) is 6.20 Å². The van der Waals surface area contributed by atoms with Gasteiger partial charge in [0.2, 0.25) is 15.0 Å². The van der Waals surface area contributed by atoms with Crippen LogP contribution in [0.5, 0.6) is 0 Å². The highest BCUT2D eigenvalue weighted by Crippen LogP contribution is 2.16. The maximum absolute atomic E-state index is 11.3. The molecule has 82 valence electrons. The van der Waals surface area contributed by atoms with Gasteiger partial charge in [-0.15, -0.1) is 0 Å². The van der Waals surface area contributed by atoms with Gasteiger partial charge in [0, 0.05) is 6.20 Å². The van der Waals surface area contributed by atoms with Crippen LogP contribution in [0.3, 0.4) is 0 Å². The number of hydrogen-bond acceptors (Lipinski definition) is 5. The summed E-state index contributed by atoms with van der Waals surface area (Å²) in [7, 11) is -3.52. The van der Waals surface area contributed by atoms with Crippen LogP contribution in [-0.4, -0.2) is 29.4 Å². The minimum absolute atomic E-state index is 0.117. The number of carbonyl (C=O) groups excluding carboxylic acids is 1. The summed E-state index contributed by atoms with van der Waals surface area (Å²) in [4.78, 5) is 17.8. The maximum atomic E-state index is 11.3. The van der Waals surface area contributed by atoms with Gasteiger partial charge in [-0.3, -0.25) is 4.79 Å². The molecule has 0 N–H and O–H groups in total. The maximum Gasteiger partial charge on any atom is 0.257 e. The summed E-state index contributed by atoms with van der Waals surface area (Å²) < 4.78 is 22.7. The Morgan fingerprint density at radius 3 is 2.53 bits per heavy atom. The number of halogens is 2. The molecule has 1 aromatic rings. The van der Waals surface area contributed by atoms with Crippen molar-refractivity contribution in [3.63, 3.8) is 0 Å². The van der Waals surface area contributed by atoms with Gasteiger partial charge in [-0.05, 0) is 11.6 Å². The summed E-state index contributed by atoms with van der Waals surface area (Å²) in [5.41, 5.74) is -0.117. The van der Waals surface area contributed by atoms with Crippen molar-refractivity contribution in [1.82, 2.24) is 9.97 Å². The first-order valence-electron chi connectivity index (χ1n) is 3.83. The lowest BCUT2D eigenvalue weighted by molar-refractivity contribution is 0.108. The molecule has 0 spiro atoms. The number of hydrogen-bond donors (Lipinski definition) is 0. The molecule has 1 heterocycles. The van der Waals surface area contributed by atoms with Gasteiger partial charge >= 0.3 is 0 Å². The lowest BCUT2D eigenvalue weighted by atomic mass is 10.4. The molecule has 8 heteroatoms. The molecule has 0 saturated carbocycles. The Labute approximate surface area is 96.4 Å². The first kappa shape index (κ1) is 12.4. The number of carbonyl (C=O) groups is 1. The summed E-state index contributed by atoms with van der Waals surface area (Å²) in [5, 5.41) is -1.51. The Kier molecular flexibility index (Phi) is 3.64. The van der Waals surface area contributed by atoms with E-state index in [1.54, 1.807) is 0 Å². The molecule has 0 bridgehead atoms. The standard InChI is InChI=1S/C7H6Cl2N2O3S/c1-2-15(13,14)7-10-3-4(6(9)12)5(8)11-7/h3H,2H2,1H3. The van der Waals surface area contributed by atoms with Crippen molar-refractivity contribution in [2.24, 2.45) is 0 Å². The van der Waals surface area contributed by atoms with Gasteiger partial charge in [0.05, 0.1) is 11.3 Å². The fourth-order valence-corrected chi connectivity index (χ4v) is 1.91. The second kappa shape index (κ2) is 4.42. The van der Waals surface area contributed by atoms with Crippen molar-refractivity contribution in [2.45, 2.75) is 12.1 Å². The van der Waals surface area contributed by atoms with Crippen molar-refractivity contribution in [3.05, 3.63) is 16.9 Å². The Hall–Kier alpha value is -0.720. The number of aromatic nitrogens is 2. The molecule has 1 aromatic heterocycles. The number of rotatable bonds is 3. The van der Waals surface area contributed by atoms with Crippen molar-refractivity contribution >= 4 is 38.3 Å². The SMILES string of the molecule is CCS(=O)(=O)c1ncc(C(=O)Cl)c(Cl)n1. The highest BCUT2D eigenvalue weighted by Gasteiger charge is 2.18. The Morgan fingerprint density at radius 2 is 2.13 bits per heavy atom. The van der Waals surface area contributed by atoms with E-state index in [-0.39, 0.29) is 16.5 Å². The van der Waals surface area contributed by atoms with Crippen LogP contribution in [0.15, 0.2) is 11.4 Å². The number of nitrogens with zero attached hydrogens (tertiary/aromatic N) is 2. The molecule has 0 aliphatic rings. The van der Waals surface area contributed by atoms with Crippen LogP contribution in [0.1, 0.15) is 17.3 Å². The minimum atomic E-state index is -3.52. The van der Waals surface area contributed by atoms with E-state index >= 15 is 0 Å². The second-order valence-electron chi connectivity index (χ2n) is 2.53. The summed E-state index contributed by atoms with van der Waals surface area (Å²) in [6.07, 6.45) is 0.993. The normalized spacial score (nSPS) is 11.4. The van der Waals surface area contributed by atoms with Gasteiger partial charge in [-0.2, -0.15) is 0 Å². The molecular formula is C7H6Cl2N2O3S. The molecule has 0 unspecified atom stereocenters. The zero-order chi connectivity index (χ0) is 11.6. The van der Waals surface area contributed by atoms with Crippen LogP contribution in [-0.2, 0) is 9.84 Å². The van der Waals surface area contributed by atoms with Crippen LogP contribution < -0.4 is 0 Å². The largest absolute Gasteiger partial charge is 0.275 e. The van der Waals surface area contributed by atoms with E-state index < -0.39 is 20.2 Å². The van der Waals surface area contributed by atoms with Gasteiger partial charge in [0.15, 0.2) is 0 Å². The van der Waals surface area contributed by atoms with Gasteiger partial charge in [-0.1, -0.05) is 18.5 Å². The lowest BCUT2D eigenvalue weighted by Gasteiger charge is -2.01. The van der Waals surface area contributed by atoms with Gasteiger partial charge in [0.1, 0.15) is 5.15 Å². The molecule has 0 fully saturated rings. The van der Waals surface area contributed by atoms with Crippen molar-refractivity contribution < 1.29 is 13.2 Å². The van der Waals surface area contributed by atoms with Crippen LogP contribution in [0.2, 0.25) is 5.15 Å². The molecule has 0 amide bonds. The van der Waals surface area contributed by atoms with E-state index in [2.05, 4.69) is 9.97 Å². The fourth-order valence-electron chi connectivity index (χ4n) is 0.757. The minimum Gasteiger partial charge on any atom is -0.275 e. The van der Waals surface area contributed by atoms with E-state index in [0.29, 0.717) is 0 Å². The molecule has 5 nitrogen and oxygen atoms in total. The summed E-state index contributed by atoms with van der Waals surface area (Å²) in [6.45, 7) is 1.45. The average molecular weight is 269 g/mol. The van der Waals surface area contributed by atoms with Crippen molar-refractivity contribution in [3.8, 4) is 0 Å². The predicted molar refractivity (Wildman–Crippen MR) is 55.0 cm³/mol. The second-order valence-corrected chi connectivity index (χ2v) is 5.41. The third-order valence-corrected chi connectivity index (χ3v) is 3.59. The average Bonchev–Trinajstić information content (AvgIpc) is 2.17. The molecule has 0 aliphatic carbocycles. The third kappa shape index (κ3) is 2.64. The Morgan fingerprint density at radius 1 is 1.53 bits per heavy atom. The van der Waals surface area contributed by atoms with Gasteiger partial charge in [0.25, 0.3) is 5.24 Å². The van der Waals surface area contributed by atoms with E-state index in [9.17, 15) is 13.2 Å². The Bertz CT molecular complexity index is 501. The molecule has 0 atom stereocenters. The first-order chi connectivity index (χ1) is 6.88. The quantitative estimate of drug-likeness (QED) is 0.469. The van der Waals surface area contributed by atoms with Gasteiger partial charge in [-0.25, -0.2) is 18.4 Å². The van der Waals surface area contributed by atoms with Crippen LogP contribution >= 0.6 is 23.2 Å². The molecule has 0 aliphatic heterocycles. The highest BCUT2D eigenvalue weighted by molar-refractivity contribution is 7.91. The molecule has 0 radical (unpaired) electrons. The monoisotopic (exact) mass is 268 g/mol. The topological polar surface area (TPSA) is 77.0 Å². The van der Waals surface area contributed by atoms with Crippen molar-refractivity contribution in [1.29, 1.82) is 0 Å². The Balaban J connectivity index is 3.30. The van der Waals surface area contributed by atoms with Crippen LogP contribution in [0.25, 0.3) is 0 Å². The highest BCUT2D eigenvalue weighted by atomic mass is 35.5. The predicted octanol–water partition coefficient (Wildman–Crippen LogP) is 1.30. The molecule has 0 aromatic carbocycles. The van der Waals surface area contributed by atoms with Crippen molar-refractivity contribution in [2.75, 3.05) is 5.75 Å². The van der Waals surface area contributed by atoms with Crippen LogP contribution in [0, 0.1) is 0 Å². The fraction of sp³-hybridized carbons (Fsp3) is 0.286. The number of sulfone groups is 1. The van der Waals surface area contributed by atoms with E-state index in [1.165, 1.54) is 6.92 Å². The summed E-state index contributed by atoms with van der Waals surface area (Å²) in [6, 6.07) is 0. The van der Waals surface area contributed by atoms with Gasteiger partial charge < -0.3 is 0 Å². The summed E-state index contributed by atoms with van der Waals surface area (Å²) in [5.74, 6) is -0.141. The van der Waals surface area contributed by atoms with Crippen LogP contribution in [0.4, 0.5) is 0 Å². The molecular weight excluding hydrogens is 263 g/mol. The third-order valence-electron chi connectivity index (χ3n) is 1.59. The van der Waals surface area contributed by atoms with E-state index in [1.807, 2.05) is 0 Å². The molecule has 1 rings (SSSR count). The molecule has 15 heavy (non-hydrogen) atoms.